The van der Waals surface area contributed by atoms with Crippen LogP contribution >= 0.6 is 0 Å². The van der Waals surface area contributed by atoms with Gasteiger partial charge in [0.2, 0.25) is 5.91 Å². The van der Waals surface area contributed by atoms with Crippen molar-refractivity contribution in [1.29, 1.82) is 0 Å². The van der Waals surface area contributed by atoms with Crippen molar-refractivity contribution in [2.75, 3.05) is 7.11 Å². The van der Waals surface area contributed by atoms with Crippen molar-refractivity contribution in [3.8, 4) is 5.75 Å². The predicted molar refractivity (Wildman–Crippen MR) is 73.6 cm³/mol. The molecule has 0 heterocycles. The van der Waals surface area contributed by atoms with Crippen molar-refractivity contribution < 1.29 is 23.8 Å². The Hall–Kier alpha value is -2.11. The van der Waals surface area contributed by atoms with Gasteiger partial charge >= 0.3 is 5.97 Å². The summed E-state index contributed by atoms with van der Waals surface area (Å²) in [6.07, 6.45) is 2.19. The number of methoxy groups -OCH3 is 1. The third-order valence-electron chi connectivity index (χ3n) is 3.79. The van der Waals surface area contributed by atoms with Crippen LogP contribution in [0, 0.1) is 5.82 Å². The first kappa shape index (κ1) is 15.3. The van der Waals surface area contributed by atoms with Gasteiger partial charge < -0.3 is 15.2 Å². The molecule has 1 amide bonds. The number of aliphatic carboxylic acids is 1. The Morgan fingerprint density at radius 3 is 2.62 bits per heavy atom. The van der Waals surface area contributed by atoms with Crippen molar-refractivity contribution in [3.05, 3.63) is 29.6 Å². The highest BCUT2D eigenvalue weighted by Crippen LogP contribution is 2.35. The second-order valence-corrected chi connectivity index (χ2v) is 5.40. The Morgan fingerprint density at radius 2 is 2.14 bits per heavy atom. The number of carbonyl (C=O) groups is 2. The summed E-state index contributed by atoms with van der Waals surface area (Å²) in [5, 5.41) is 11.7. The molecule has 0 unspecified atom stereocenters. The average molecular weight is 295 g/mol. The number of carboxylic acid groups (broad SMARTS) is 1. The molecule has 0 radical (unpaired) electrons. The van der Waals surface area contributed by atoms with E-state index in [0.717, 1.165) is 6.42 Å². The van der Waals surface area contributed by atoms with Gasteiger partial charge in [0.15, 0.2) is 11.6 Å². The zero-order chi connectivity index (χ0) is 15.5. The van der Waals surface area contributed by atoms with Crippen LogP contribution in [0.25, 0.3) is 0 Å². The number of ether oxygens (including phenoxy) is 1. The first-order valence-corrected chi connectivity index (χ1v) is 6.79. The fourth-order valence-electron chi connectivity index (χ4n) is 2.58. The number of carboxylic acids is 1. The van der Waals surface area contributed by atoms with E-state index in [9.17, 15) is 14.0 Å². The van der Waals surface area contributed by atoms with E-state index in [1.54, 1.807) is 6.07 Å². The van der Waals surface area contributed by atoms with E-state index in [1.807, 2.05) is 0 Å². The van der Waals surface area contributed by atoms with E-state index >= 15 is 0 Å². The minimum atomic E-state index is -0.925. The predicted octanol–water partition coefficient (Wildman–Crippen LogP) is 1.89. The molecule has 0 bridgehead atoms. The molecule has 5 nitrogen and oxygen atoms in total. The van der Waals surface area contributed by atoms with Gasteiger partial charge in [-0.1, -0.05) is 6.07 Å². The van der Waals surface area contributed by atoms with Gasteiger partial charge in [0.25, 0.3) is 0 Å². The van der Waals surface area contributed by atoms with E-state index in [0.29, 0.717) is 18.4 Å². The zero-order valence-electron chi connectivity index (χ0n) is 11.8. The fourth-order valence-corrected chi connectivity index (χ4v) is 2.58. The molecule has 0 atom stereocenters. The minimum absolute atomic E-state index is 0.0162. The van der Waals surface area contributed by atoms with E-state index in [1.165, 1.54) is 19.2 Å². The van der Waals surface area contributed by atoms with Gasteiger partial charge in [0.1, 0.15) is 0 Å². The molecular weight excluding hydrogens is 277 g/mol. The minimum Gasteiger partial charge on any atom is -0.494 e. The maximum absolute atomic E-state index is 13.6. The van der Waals surface area contributed by atoms with Crippen molar-refractivity contribution in [3.63, 3.8) is 0 Å². The van der Waals surface area contributed by atoms with Crippen LogP contribution in [0.2, 0.25) is 0 Å². The summed E-state index contributed by atoms with van der Waals surface area (Å²) in [4.78, 5) is 22.9. The number of amides is 1. The lowest BCUT2D eigenvalue weighted by atomic mass is 9.74. The van der Waals surface area contributed by atoms with Gasteiger partial charge in [-0.2, -0.15) is 0 Å². The molecule has 2 rings (SSSR count). The summed E-state index contributed by atoms with van der Waals surface area (Å²) in [5.74, 6) is -1.61. The largest absolute Gasteiger partial charge is 0.494 e. The Balaban J connectivity index is 1.98. The summed E-state index contributed by atoms with van der Waals surface area (Å²) < 4.78 is 18.4. The van der Waals surface area contributed by atoms with Crippen molar-refractivity contribution in [2.24, 2.45) is 0 Å². The summed E-state index contributed by atoms with van der Waals surface area (Å²) in [7, 11) is 1.37. The van der Waals surface area contributed by atoms with Gasteiger partial charge in [-0.3, -0.25) is 9.59 Å². The Kier molecular flexibility index (Phi) is 4.45. The van der Waals surface area contributed by atoms with Gasteiger partial charge in [-0.05, 0) is 37.0 Å². The quantitative estimate of drug-likeness (QED) is 0.840. The lowest BCUT2D eigenvalue weighted by molar-refractivity contribution is -0.140. The Bertz CT molecular complexity index is 555. The van der Waals surface area contributed by atoms with Gasteiger partial charge in [-0.15, -0.1) is 0 Å². The van der Waals surface area contributed by atoms with Crippen molar-refractivity contribution in [2.45, 2.75) is 37.6 Å². The lowest BCUT2D eigenvalue weighted by Crippen LogP contribution is -2.55. The maximum atomic E-state index is 13.6. The summed E-state index contributed by atoms with van der Waals surface area (Å²) in [6, 6.07) is 4.34. The number of nitrogens with one attached hydrogen (secondary N) is 1. The van der Waals surface area contributed by atoms with Crippen LogP contribution in [-0.4, -0.2) is 29.6 Å². The Labute approximate surface area is 122 Å². The smallest absolute Gasteiger partial charge is 0.305 e. The van der Waals surface area contributed by atoms with Gasteiger partial charge in [0.05, 0.1) is 25.5 Å². The number of hydrogen-bond acceptors (Lipinski definition) is 3. The molecule has 1 aliphatic carbocycles. The third-order valence-corrected chi connectivity index (χ3v) is 3.79. The van der Waals surface area contributed by atoms with Crippen LogP contribution in [-0.2, 0) is 16.0 Å². The van der Waals surface area contributed by atoms with E-state index in [-0.39, 0.29) is 24.5 Å². The number of benzene rings is 1. The SMILES string of the molecule is COc1ccc(CC(=O)NC2(CC(=O)O)CCC2)cc1F. The molecule has 114 valence electrons. The molecule has 1 fully saturated rings. The highest BCUT2D eigenvalue weighted by Gasteiger charge is 2.40. The molecule has 21 heavy (non-hydrogen) atoms. The Morgan fingerprint density at radius 1 is 1.43 bits per heavy atom. The number of halogens is 1. The van der Waals surface area contributed by atoms with Crippen LogP contribution in [0.15, 0.2) is 18.2 Å². The summed E-state index contributed by atoms with van der Waals surface area (Å²) in [6.45, 7) is 0. The first-order valence-electron chi connectivity index (χ1n) is 6.79. The normalized spacial score (nSPS) is 15.9. The second kappa shape index (κ2) is 6.11. The number of carbonyl (C=O) groups excluding carboxylic acids is 1. The molecule has 1 aromatic rings. The molecule has 0 aromatic heterocycles. The summed E-state index contributed by atoms with van der Waals surface area (Å²) >= 11 is 0. The maximum Gasteiger partial charge on any atom is 0.305 e. The van der Waals surface area contributed by atoms with E-state index in [2.05, 4.69) is 5.32 Å². The topological polar surface area (TPSA) is 75.6 Å². The highest BCUT2D eigenvalue weighted by atomic mass is 19.1. The van der Waals surface area contributed by atoms with Crippen LogP contribution in [0.5, 0.6) is 5.75 Å². The molecule has 0 spiro atoms. The molecule has 6 heteroatoms. The number of rotatable bonds is 6. The summed E-state index contributed by atoms with van der Waals surface area (Å²) in [5.41, 5.74) is -0.107. The molecule has 1 aromatic carbocycles. The molecule has 0 saturated heterocycles. The van der Waals surface area contributed by atoms with Crippen LogP contribution in [0.4, 0.5) is 4.39 Å². The van der Waals surface area contributed by atoms with Crippen molar-refractivity contribution >= 4 is 11.9 Å². The monoisotopic (exact) mass is 295 g/mol. The van der Waals surface area contributed by atoms with Crippen LogP contribution in [0.1, 0.15) is 31.2 Å². The highest BCUT2D eigenvalue weighted by molar-refractivity contribution is 5.80. The van der Waals surface area contributed by atoms with Gasteiger partial charge in [-0.25, -0.2) is 4.39 Å². The molecule has 1 saturated carbocycles. The molecule has 1 aliphatic rings. The molecule has 2 N–H and O–H groups in total. The fraction of sp³-hybridized carbons (Fsp3) is 0.467. The van der Waals surface area contributed by atoms with E-state index < -0.39 is 17.3 Å². The average Bonchev–Trinajstić information content (AvgIpc) is 2.35. The lowest BCUT2D eigenvalue weighted by Gasteiger charge is -2.41. The third kappa shape index (κ3) is 3.71. The number of hydrogen-bond donors (Lipinski definition) is 2. The first-order chi connectivity index (χ1) is 9.94. The standard InChI is InChI=1S/C15H18FNO4/c1-21-12-4-3-10(7-11(12)16)8-13(18)17-15(5-2-6-15)9-14(19)20/h3-4,7H,2,5-6,8-9H2,1H3,(H,17,18)(H,19,20). The van der Waals surface area contributed by atoms with Crippen molar-refractivity contribution in [1.82, 2.24) is 5.32 Å². The molecule has 0 aliphatic heterocycles. The van der Waals surface area contributed by atoms with E-state index in [4.69, 9.17) is 9.84 Å². The van der Waals surface area contributed by atoms with Gasteiger partial charge in [0, 0.05) is 0 Å². The van der Waals surface area contributed by atoms with Crippen LogP contribution in [0.3, 0.4) is 0 Å². The second-order valence-electron chi connectivity index (χ2n) is 5.40. The molecular formula is C15H18FNO4. The van der Waals surface area contributed by atoms with Crippen LogP contribution < -0.4 is 10.1 Å². The zero-order valence-corrected chi connectivity index (χ0v) is 11.8.